The van der Waals surface area contributed by atoms with Gasteiger partial charge in [0, 0.05) is 25.7 Å². The molecule has 2 aromatic heterocycles. The number of allylic oxidation sites excluding steroid dienone is 1. The Kier molecular flexibility index (Phi) is 2.95. The molecule has 102 valence electrons. The van der Waals surface area contributed by atoms with Gasteiger partial charge in [0.15, 0.2) is 0 Å². The van der Waals surface area contributed by atoms with E-state index in [-0.39, 0.29) is 0 Å². The zero-order valence-corrected chi connectivity index (χ0v) is 13.4. The summed E-state index contributed by atoms with van der Waals surface area (Å²) in [6.45, 7) is 6.06. The second kappa shape index (κ2) is 4.83. The van der Waals surface area contributed by atoms with E-state index in [9.17, 15) is 0 Å². The second-order valence-corrected chi connectivity index (χ2v) is 7.11. The van der Waals surface area contributed by atoms with Crippen molar-refractivity contribution in [1.82, 2.24) is 0 Å². The molecule has 0 fully saturated rings. The second-order valence-electron chi connectivity index (χ2n) is 5.00. The van der Waals surface area contributed by atoms with Crippen LogP contribution in [0.3, 0.4) is 0 Å². The zero-order chi connectivity index (χ0) is 14.4. The molecule has 0 aliphatic carbocycles. The molecule has 21 heavy (non-hydrogen) atoms. The van der Waals surface area contributed by atoms with E-state index >= 15 is 0 Å². The van der Waals surface area contributed by atoms with Gasteiger partial charge in [0.1, 0.15) is 0 Å². The Labute approximate surface area is 131 Å². The Hall–Kier alpha value is -1.90. The predicted molar refractivity (Wildman–Crippen MR) is 99.5 cm³/mol. The number of thiophene rings is 2. The number of hydrogen-bond donors (Lipinski definition) is 0. The van der Waals surface area contributed by atoms with Crippen LogP contribution in [0.1, 0.15) is 17.4 Å². The number of benzene rings is 2. The van der Waals surface area contributed by atoms with Gasteiger partial charge in [-0.25, -0.2) is 0 Å². The van der Waals surface area contributed by atoms with Gasteiger partial charge in [-0.15, -0.1) is 22.7 Å². The van der Waals surface area contributed by atoms with Crippen LogP contribution in [0.2, 0.25) is 0 Å². The van der Waals surface area contributed by atoms with E-state index in [1.807, 2.05) is 28.7 Å². The molecular formula is C19H14S2. The molecule has 4 aromatic rings. The van der Waals surface area contributed by atoms with Crippen molar-refractivity contribution in [3.05, 3.63) is 59.5 Å². The van der Waals surface area contributed by atoms with Crippen molar-refractivity contribution in [1.29, 1.82) is 0 Å². The fraction of sp³-hybridized carbons (Fsp3) is 0.0526. The molecular weight excluding hydrogens is 292 g/mol. The molecule has 0 radical (unpaired) electrons. The molecule has 0 saturated carbocycles. The van der Waals surface area contributed by atoms with Crippen molar-refractivity contribution < 1.29 is 0 Å². The fourth-order valence-electron chi connectivity index (χ4n) is 2.86. The van der Waals surface area contributed by atoms with Crippen molar-refractivity contribution in [2.24, 2.45) is 0 Å². The highest BCUT2D eigenvalue weighted by atomic mass is 32.1. The lowest BCUT2D eigenvalue weighted by atomic mass is 10.1. The first kappa shape index (κ1) is 12.8. The van der Waals surface area contributed by atoms with Crippen LogP contribution >= 0.6 is 22.7 Å². The molecule has 4 rings (SSSR count). The Morgan fingerprint density at radius 1 is 0.905 bits per heavy atom. The normalized spacial score (nSPS) is 12.0. The average molecular weight is 306 g/mol. The highest BCUT2D eigenvalue weighted by Gasteiger charge is 2.13. The van der Waals surface area contributed by atoms with Gasteiger partial charge in [-0.05, 0) is 24.6 Å². The first-order chi connectivity index (χ1) is 10.3. The SMILES string of the molecule is C=Cc1c(/C=C\C)sc2c1ccc1c3ccccc3sc12. The lowest BCUT2D eigenvalue weighted by Crippen LogP contribution is -1.72. The maximum absolute atomic E-state index is 4.00. The summed E-state index contributed by atoms with van der Waals surface area (Å²) in [4.78, 5) is 1.30. The molecule has 0 aliphatic heterocycles. The van der Waals surface area contributed by atoms with Crippen LogP contribution in [0.25, 0.3) is 42.4 Å². The molecule has 0 saturated heterocycles. The molecule has 0 amide bonds. The van der Waals surface area contributed by atoms with E-state index in [0.717, 1.165) is 0 Å². The fourth-order valence-corrected chi connectivity index (χ4v) is 5.47. The van der Waals surface area contributed by atoms with Gasteiger partial charge in [0.05, 0.1) is 9.40 Å². The summed E-state index contributed by atoms with van der Waals surface area (Å²) in [6.07, 6.45) is 6.26. The third kappa shape index (κ3) is 1.80. The Morgan fingerprint density at radius 2 is 1.67 bits per heavy atom. The maximum atomic E-state index is 4.00. The molecule has 0 atom stereocenters. The first-order valence-corrected chi connectivity index (χ1v) is 8.58. The van der Waals surface area contributed by atoms with Gasteiger partial charge < -0.3 is 0 Å². The van der Waals surface area contributed by atoms with E-state index in [1.165, 1.54) is 40.7 Å². The number of hydrogen-bond acceptors (Lipinski definition) is 2. The smallest absolute Gasteiger partial charge is 0.0534 e. The molecule has 0 nitrogen and oxygen atoms in total. The summed E-state index contributed by atoms with van der Waals surface area (Å²) in [5.74, 6) is 0. The minimum Gasteiger partial charge on any atom is -0.134 e. The van der Waals surface area contributed by atoms with Crippen LogP contribution in [0.4, 0.5) is 0 Å². The van der Waals surface area contributed by atoms with Crippen LogP contribution in [-0.2, 0) is 0 Å². The van der Waals surface area contributed by atoms with Crippen LogP contribution in [-0.4, -0.2) is 0 Å². The molecule has 2 heterocycles. The summed E-state index contributed by atoms with van der Waals surface area (Å²) >= 11 is 3.76. The molecule has 0 aliphatic rings. The molecule has 0 N–H and O–H groups in total. The Balaban J connectivity index is 2.21. The number of fused-ring (bicyclic) bond motifs is 5. The van der Waals surface area contributed by atoms with Gasteiger partial charge in [0.25, 0.3) is 0 Å². The van der Waals surface area contributed by atoms with Crippen LogP contribution in [0.5, 0.6) is 0 Å². The Bertz CT molecular complexity index is 1010. The van der Waals surface area contributed by atoms with Gasteiger partial charge in [-0.2, -0.15) is 0 Å². The summed E-state index contributed by atoms with van der Waals surface area (Å²) in [7, 11) is 0. The maximum Gasteiger partial charge on any atom is 0.0534 e. The average Bonchev–Trinajstić information content (AvgIpc) is 3.04. The molecule has 2 heteroatoms. The van der Waals surface area contributed by atoms with Crippen molar-refractivity contribution in [2.45, 2.75) is 6.92 Å². The molecule has 0 bridgehead atoms. The van der Waals surface area contributed by atoms with Gasteiger partial charge >= 0.3 is 0 Å². The third-order valence-electron chi connectivity index (χ3n) is 3.79. The van der Waals surface area contributed by atoms with Crippen LogP contribution in [0, 0.1) is 0 Å². The van der Waals surface area contributed by atoms with E-state index in [0.29, 0.717) is 0 Å². The quantitative estimate of drug-likeness (QED) is 0.376. The topological polar surface area (TPSA) is 0 Å². The van der Waals surface area contributed by atoms with E-state index in [4.69, 9.17) is 0 Å². The Morgan fingerprint density at radius 3 is 2.48 bits per heavy atom. The van der Waals surface area contributed by atoms with Gasteiger partial charge in [-0.3, -0.25) is 0 Å². The standard InChI is InChI=1S/C19H14S2/c1-3-7-16-12(4-2)14-10-11-15-13-8-5-6-9-17(13)21-19(15)18(14)20-16/h3-11H,2H2,1H3/b7-3-. The highest BCUT2D eigenvalue weighted by molar-refractivity contribution is 7.31. The van der Waals surface area contributed by atoms with E-state index < -0.39 is 0 Å². The molecule has 0 unspecified atom stereocenters. The van der Waals surface area contributed by atoms with Crippen LogP contribution < -0.4 is 0 Å². The number of rotatable bonds is 2. The van der Waals surface area contributed by atoms with Gasteiger partial charge in [-0.1, -0.05) is 49.1 Å². The van der Waals surface area contributed by atoms with Gasteiger partial charge in [0.2, 0.25) is 0 Å². The van der Waals surface area contributed by atoms with Crippen molar-refractivity contribution in [2.75, 3.05) is 0 Å². The van der Waals surface area contributed by atoms with Crippen molar-refractivity contribution in [3.8, 4) is 0 Å². The summed E-state index contributed by atoms with van der Waals surface area (Å²) < 4.78 is 4.15. The summed E-state index contributed by atoms with van der Waals surface area (Å²) in [6, 6.07) is 13.2. The monoisotopic (exact) mass is 306 g/mol. The predicted octanol–water partition coefficient (Wildman–Crippen LogP) is 6.95. The van der Waals surface area contributed by atoms with E-state index in [1.54, 1.807) is 0 Å². The zero-order valence-electron chi connectivity index (χ0n) is 11.7. The first-order valence-electron chi connectivity index (χ1n) is 6.95. The van der Waals surface area contributed by atoms with Crippen molar-refractivity contribution in [3.63, 3.8) is 0 Å². The molecule has 2 aromatic carbocycles. The van der Waals surface area contributed by atoms with E-state index in [2.05, 4.69) is 62.1 Å². The summed E-state index contributed by atoms with van der Waals surface area (Å²) in [5.41, 5.74) is 1.26. The largest absolute Gasteiger partial charge is 0.134 e. The summed E-state index contributed by atoms with van der Waals surface area (Å²) in [5, 5.41) is 4.05. The lowest BCUT2D eigenvalue weighted by Gasteiger charge is -1.95. The molecule has 0 spiro atoms. The van der Waals surface area contributed by atoms with Crippen LogP contribution in [0.15, 0.2) is 49.1 Å². The third-order valence-corrected chi connectivity index (χ3v) is 6.33. The minimum atomic E-state index is 1.26. The van der Waals surface area contributed by atoms with Crippen molar-refractivity contribution >= 4 is 65.1 Å². The lowest BCUT2D eigenvalue weighted by molar-refractivity contribution is 1.78. The highest BCUT2D eigenvalue weighted by Crippen LogP contribution is 2.43. The minimum absolute atomic E-state index is 1.26.